The van der Waals surface area contributed by atoms with Crippen molar-refractivity contribution in [3.8, 4) is 5.75 Å². The van der Waals surface area contributed by atoms with Crippen LogP contribution in [0.4, 0.5) is 0 Å². The molecule has 1 aliphatic rings. The van der Waals surface area contributed by atoms with Gasteiger partial charge >= 0.3 is 0 Å². The highest BCUT2D eigenvalue weighted by molar-refractivity contribution is 6.32. The largest absolute Gasteiger partial charge is 0.486 e. The van der Waals surface area contributed by atoms with Crippen molar-refractivity contribution in [3.63, 3.8) is 0 Å². The molecule has 5 heteroatoms. The van der Waals surface area contributed by atoms with Crippen LogP contribution in [-0.2, 0) is 0 Å². The number of ether oxygens (including phenoxy) is 1. The molecule has 86 valence electrons. The number of amides is 1. The average molecular weight is 241 g/mol. The number of hydrogen-bond acceptors (Lipinski definition) is 3. The molecular weight excluding hydrogens is 228 g/mol. The van der Waals surface area contributed by atoms with E-state index in [0.717, 1.165) is 12.8 Å². The van der Waals surface area contributed by atoms with Crippen molar-refractivity contribution < 1.29 is 9.53 Å². The second-order valence-corrected chi connectivity index (χ2v) is 4.39. The molecule has 1 saturated carbocycles. The Hall–Kier alpha value is -1.29. The Kier molecular flexibility index (Phi) is 3.01. The van der Waals surface area contributed by atoms with Gasteiger partial charge in [0.15, 0.2) is 11.4 Å². The lowest BCUT2D eigenvalue weighted by atomic mass is 10.3. The minimum Gasteiger partial charge on any atom is -0.486 e. The molecule has 0 bridgehead atoms. The van der Waals surface area contributed by atoms with Crippen LogP contribution in [0, 0.1) is 0 Å². The predicted octanol–water partition coefficient (Wildman–Crippen LogP) is 1.98. The monoisotopic (exact) mass is 240 g/mol. The standard InChI is InChI=1S/C11H13ClN2O2/c1-14(2)11(15)9-10(16-7-3-4-7)8(12)5-6-13-9/h5-7H,3-4H2,1-2H3. The van der Waals surface area contributed by atoms with E-state index in [9.17, 15) is 4.79 Å². The zero-order valence-electron chi connectivity index (χ0n) is 9.24. The van der Waals surface area contributed by atoms with Gasteiger partial charge in [0.1, 0.15) is 0 Å². The van der Waals surface area contributed by atoms with Crippen molar-refractivity contribution in [2.45, 2.75) is 18.9 Å². The van der Waals surface area contributed by atoms with E-state index in [0.29, 0.717) is 10.8 Å². The summed E-state index contributed by atoms with van der Waals surface area (Å²) in [6, 6.07) is 1.63. The summed E-state index contributed by atoms with van der Waals surface area (Å²) in [6.45, 7) is 0. The fourth-order valence-electron chi connectivity index (χ4n) is 1.25. The lowest BCUT2D eigenvalue weighted by Crippen LogP contribution is -2.23. The highest BCUT2D eigenvalue weighted by atomic mass is 35.5. The molecule has 1 aromatic rings. The molecule has 1 aromatic heterocycles. The Bertz CT molecular complexity index is 416. The van der Waals surface area contributed by atoms with Crippen LogP contribution in [0.1, 0.15) is 23.3 Å². The summed E-state index contributed by atoms with van der Waals surface area (Å²) in [5.74, 6) is 0.212. The minimum absolute atomic E-state index is 0.190. The zero-order chi connectivity index (χ0) is 11.7. The molecule has 1 amide bonds. The third kappa shape index (κ3) is 2.27. The molecule has 0 aliphatic heterocycles. The van der Waals surface area contributed by atoms with Gasteiger partial charge in [0, 0.05) is 20.3 Å². The fourth-order valence-corrected chi connectivity index (χ4v) is 1.44. The molecule has 0 radical (unpaired) electrons. The summed E-state index contributed by atoms with van der Waals surface area (Å²) in [5, 5.41) is 0.437. The Morgan fingerprint density at radius 1 is 1.56 bits per heavy atom. The van der Waals surface area contributed by atoms with Crippen LogP contribution in [0.25, 0.3) is 0 Å². The van der Waals surface area contributed by atoms with Crippen LogP contribution < -0.4 is 4.74 Å². The van der Waals surface area contributed by atoms with Crippen molar-refractivity contribution in [1.29, 1.82) is 0 Å². The van der Waals surface area contributed by atoms with Gasteiger partial charge in [-0.25, -0.2) is 4.98 Å². The third-order valence-electron chi connectivity index (χ3n) is 2.27. The van der Waals surface area contributed by atoms with Crippen molar-refractivity contribution in [2.24, 2.45) is 0 Å². The zero-order valence-corrected chi connectivity index (χ0v) is 9.99. The number of aromatic nitrogens is 1. The number of carbonyl (C=O) groups is 1. The first-order chi connectivity index (χ1) is 7.59. The quantitative estimate of drug-likeness (QED) is 0.811. The van der Waals surface area contributed by atoms with Crippen LogP contribution >= 0.6 is 11.6 Å². The molecule has 0 atom stereocenters. The van der Waals surface area contributed by atoms with Crippen molar-refractivity contribution >= 4 is 17.5 Å². The van der Waals surface area contributed by atoms with E-state index >= 15 is 0 Å². The molecular formula is C11H13ClN2O2. The smallest absolute Gasteiger partial charge is 0.275 e. The summed E-state index contributed by atoms with van der Waals surface area (Å²) < 4.78 is 5.62. The lowest BCUT2D eigenvalue weighted by Gasteiger charge is -2.14. The minimum atomic E-state index is -0.196. The van der Waals surface area contributed by atoms with Crippen LogP contribution in [0.5, 0.6) is 5.75 Å². The van der Waals surface area contributed by atoms with Crippen LogP contribution in [-0.4, -0.2) is 36.0 Å². The molecule has 0 aromatic carbocycles. The SMILES string of the molecule is CN(C)C(=O)c1nccc(Cl)c1OC1CC1. The van der Waals surface area contributed by atoms with Gasteiger partial charge in [-0.2, -0.15) is 0 Å². The van der Waals surface area contributed by atoms with Gasteiger partial charge in [-0.3, -0.25) is 4.79 Å². The summed E-state index contributed by atoms with van der Waals surface area (Å²) >= 11 is 6.01. The first-order valence-electron chi connectivity index (χ1n) is 5.12. The number of hydrogen-bond donors (Lipinski definition) is 0. The van der Waals surface area contributed by atoms with Crippen LogP contribution in [0.2, 0.25) is 5.02 Å². The number of halogens is 1. The van der Waals surface area contributed by atoms with Gasteiger partial charge in [0.25, 0.3) is 5.91 Å². The Morgan fingerprint density at radius 2 is 2.25 bits per heavy atom. The first kappa shape index (κ1) is 11.2. The topological polar surface area (TPSA) is 42.4 Å². The molecule has 0 N–H and O–H groups in total. The summed E-state index contributed by atoms with van der Waals surface area (Å²) in [6.07, 6.45) is 3.73. The molecule has 1 heterocycles. The average Bonchev–Trinajstić information content (AvgIpc) is 3.03. The molecule has 16 heavy (non-hydrogen) atoms. The van der Waals surface area contributed by atoms with Crippen LogP contribution in [0.15, 0.2) is 12.3 Å². The van der Waals surface area contributed by atoms with E-state index in [2.05, 4.69) is 4.98 Å². The number of pyridine rings is 1. The van der Waals surface area contributed by atoms with Crippen LogP contribution in [0.3, 0.4) is 0 Å². The van der Waals surface area contributed by atoms with Gasteiger partial charge in [-0.05, 0) is 18.9 Å². The predicted molar refractivity (Wildman–Crippen MR) is 60.9 cm³/mol. The summed E-state index contributed by atoms with van der Waals surface area (Å²) in [7, 11) is 3.34. The Morgan fingerprint density at radius 3 is 2.81 bits per heavy atom. The van der Waals surface area contributed by atoms with Gasteiger partial charge < -0.3 is 9.64 Å². The van der Waals surface area contributed by atoms with Crippen molar-refractivity contribution in [3.05, 3.63) is 23.0 Å². The lowest BCUT2D eigenvalue weighted by molar-refractivity contribution is 0.0816. The van der Waals surface area contributed by atoms with E-state index < -0.39 is 0 Å². The first-order valence-corrected chi connectivity index (χ1v) is 5.50. The van der Waals surface area contributed by atoms with E-state index in [4.69, 9.17) is 16.3 Å². The highest BCUT2D eigenvalue weighted by Crippen LogP contribution is 2.33. The number of rotatable bonds is 3. The second-order valence-electron chi connectivity index (χ2n) is 3.99. The summed E-state index contributed by atoms with van der Waals surface area (Å²) in [5.41, 5.74) is 0.282. The molecule has 2 rings (SSSR count). The maximum absolute atomic E-state index is 11.8. The molecule has 4 nitrogen and oxygen atoms in total. The van der Waals surface area contributed by atoms with E-state index in [1.54, 1.807) is 20.2 Å². The molecule has 0 spiro atoms. The molecule has 1 fully saturated rings. The molecule has 0 saturated heterocycles. The van der Waals surface area contributed by atoms with Gasteiger partial charge in [-0.15, -0.1) is 0 Å². The maximum atomic E-state index is 11.8. The fraction of sp³-hybridized carbons (Fsp3) is 0.455. The number of carbonyl (C=O) groups excluding carboxylic acids is 1. The van der Waals surface area contributed by atoms with E-state index in [1.807, 2.05) is 0 Å². The second kappa shape index (κ2) is 4.29. The van der Waals surface area contributed by atoms with Gasteiger partial charge in [-0.1, -0.05) is 11.6 Å². The van der Waals surface area contributed by atoms with Crippen molar-refractivity contribution in [2.75, 3.05) is 14.1 Å². The van der Waals surface area contributed by atoms with E-state index in [-0.39, 0.29) is 17.7 Å². The van der Waals surface area contributed by atoms with E-state index in [1.165, 1.54) is 11.1 Å². The Labute approximate surface area is 99.2 Å². The summed E-state index contributed by atoms with van der Waals surface area (Å²) in [4.78, 5) is 17.3. The van der Waals surface area contributed by atoms with Gasteiger partial charge in [0.2, 0.25) is 0 Å². The highest BCUT2D eigenvalue weighted by Gasteiger charge is 2.28. The third-order valence-corrected chi connectivity index (χ3v) is 2.57. The normalized spacial score (nSPS) is 14.7. The molecule has 1 aliphatic carbocycles. The molecule has 0 unspecified atom stereocenters. The Balaban J connectivity index is 2.34. The van der Waals surface area contributed by atoms with Gasteiger partial charge in [0.05, 0.1) is 11.1 Å². The maximum Gasteiger partial charge on any atom is 0.275 e. The number of nitrogens with zero attached hydrogens (tertiary/aromatic N) is 2. The van der Waals surface area contributed by atoms with Crippen molar-refractivity contribution in [1.82, 2.24) is 9.88 Å².